The number of nitrogens with one attached hydrogen (secondary N) is 1. The number of hydrogen-bond acceptors (Lipinski definition) is 2. The number of anilines is 1. The van der Waals surface area contributed by atoms with Gasteiger partial charge in [-0.25, -0.2) is 4.39 Å². The van der Waals surface area contributed by atoms with Crippen LogP contribution in [0.2, 0.25) is 10.0 Å². The Bertz CT molecular complexity index is 608. The second kappa shape index (κ2) is 7.01. The Hall–Kier alpha value is -1.45. The summed E-state index contributed by atoms with van der Waals surface area (Å²) in [5, 5.41) is 3.64. The van der Waals surface area contributed by atoms with Gasteiger partial charge in [0, 0.05) is 6.54 Å². The number of halogens is 3. The molecule has 0 aliphatic carbocycles. The Balaban J connectivity index is 2.10. The summed E-state index contributed by atoms with van der Waals surface area (Å²) in [5.74, 6) is 0.350. The van der Waals surface area contributed by atoms with E-state index in [4.69, 9.17) is 27.9 Å². The van der Waals surface area contributed by atoms with Crippen molar-refractivity contribution in [2.45, 2.75) is 26.5 Å². The summed E-state index contributed by atoms with van der Waals surface area (Å²) < 4.78 is 18.8. The van der Waals surface area contributed by atoms with Crippen molar-refractivity contribution in [2.24, 2.45) is 0 Å². The van der Waals surface area contributed by atoms with Crippen LogP contribution in [0.25, 0.3) is 0 Å². The third-order valence-electron chi connectivity index (χ3n) is 2.75. The minimum atomic E-state index is -0.456. The molecule has 2 nitrogen and oxygen atoms in total. The Morgan fingerprint density at radius 1 is 1.14 bits per heavy atom. The molecule has 0 radical (unpaired) electrons. The van der Waals surface area contributed by atoms with Crippen molar-refractivity contribution in [1.29, 1.82) is 0 Å². The molecule has 112 valence electrons. The lowest BCUT2D eigenvalue weighted by Gasteiger charge is -2.13. The molecule has 2 aromatic rings. The first-order chi connectivity index (χ1) is 9.95. The van der Waals surface area contributed by atoms with Crippen molar-refractivity contribution in [3.05, 3.63) is 57.8 Å². The van der Waals surface area contributed by atoms with E-state index in [-0.39, 0.29) is 16.1 Å². The number of ether oxygens (including phenoxy) is 1. The Morgan fingerprint density at radius 3 is 2.43 bits per heavy atom. The van der Waals surface area contributed by atoms with Crippen molar-refractivity contribution in [3.8, 4) is 5.75 Å². The minimum Gasteiger partial charge on any atom is -0.491 e. The van der Waals surface area contributed by atoms with Crippen LogP contribution < -0.4 is 10.1 Å². The van der Waals surface area contributed by atoms with E-state index < -0.39 is 5.82 Å². The molecule has 0 aliphatic heterocycles. The van der Waals surface area contributed by atoms with Crippen LogP contribution in [0, 0.1) is 5.82 Å². The van der Waals surface area contributed by atoms with Crippen molar-refractivity contribution in [2.75, 3.05) is 5.32 Å². The lowest BCUT2D eigenvalue weighted by molar-refractivity contribution is 0.242. The molecule has 1 N–H and O–H groups in total. The predicted octanol–water partition coefficient (Wildman–Crippen LogP) is 5.53. The van der Waals surface area contributed by atoms with E-state index in [0.29, 0.717) is 12.2 Å². The lowest BCUT2D eigenvalue weighted by atomic mass is 10.2. The first-order valence-electron chi connectivity index (χ1n) is 6.59. The van der Waals surface area contributed by atoms with Gasteiger partial charge >= 0.3 is 0 Å². The van der Waals surface area contributed by atoms with Gasteiger partial charge in [-0.1, -0.05) is 35.3 Å². The highest BCUT2D eigenvalue weighted by atomic mass is 35.5. The highest BCUT2D eigenvalue weighted by Crippen LogP contribution is 2.31. The number of rotatable bonds is 5. The van der Waals surface area contributed by atoms with E-state index in [1.54, 1.807) is 0 Å². The molecule has 2 aromatic carbocycles. The molecule has 0 spiro atoms. The Morgan fingerprint density at radius 2 is 1.81 bits per heavy atom. The van der Waals surface area contributed by atoms with Crippen LogP contribution in [0.4, 0.5) is 10.1 Å². The smallest absolute Gasteiger partial charge is 0.126 e. The van der Waals surface area contributed by atoms with Gasteiger partial charge < -0.3 is 10.1 Å². The number of hydrogen-bond donors (Lipinski definition) is 1. The standard InChI is InChI=1S/C16H16Cl2FNO/c1-10(2)21-13-5-3-4-11(6-13)9-20-16-14(17)7-12(19)8-15(16)18/h3-8,10,20H,9H2,1-2H3. The maximum Gasteiger partial charge on any atom is 0.126 e. The molecular formula is C16H16Cl2FNO. The summed E-state index contributed by atoms with van der Waals surface area (Å²) in [4.78, 5) is 0. The highest BCUT2D eigenvalue weighted by molar-refractivity contribution is 6.39. The second-order valence-electron chi connectivity index (χ2n) is 4.91. The molecule has 0 fully saturated rings. The summed E-state index contributed by atoms with van der Waals surface area (Å²) in [7, 11) is 0. The highest BCUT2D eigenvalue weighted by Gasteiger charge is 2.08. The molecule has 0 heterocycles. The van der Waals surface area contributed by atoms with Crippen molar-refractivity contribution in [3.63, 3.8) is 0 Å². The minimum absolute atomic E-state index is 0.120. The molecule has 0 atom stereocenters. The van der Waals surface area contributed by atoms with E-state index in [0.717, 1.165) is 11.3 Å². The second-order valence-corrected chi connectivity index (χ2v) is 5.73. The maximum absolute atomic E-state index is 13.1. The average Bonchev–Trinajstić information content (AvgIpc) is 2.37. The molecule has 0 saturated carbocycles. The Labute approximate surface area is 133 Å². The third kappa shape index (κ3) is 4.51. The zero-order chi connectivity index (χ0) is 15.4. The molecule has 5 heteroatoms. The first-order valence-corrected chi connectivity index (χ1v) is 7.35. The van der Waals surface area contributed by atoms with E-state index >= 15 is 0 Å². The fraction of sp³-hybridized carbons (Fsp3) is 0.250. The van der Waals surface area contributed by atoms with E-state index in [1.807, 2.05) is 38.1 Å². The fourth-order valence-corrected chi connectivity index (χ4v) is 2.50. The summed E-state index contributed by atoms with van der Waals surface area (Å²) in [6, 6.07) is 10.2. The van der Waals surface area contributed by atoms with Gasteiger partial charge in [0.1, 0.15) is 11.6 Å². The molecule has 0 amide bonds. The molecule has 0 aliphatic rings. The van der Waals surface area contributed by atoms with E-state index in [9.17, 15) is 4.39 Å². The summed E-state index contributed by atoms with van der Waals surface area (Å²) in [6.07, 6.45) is 0.120. The van der Waals surface area contributed by atoms with Gasteiger partial charge in [0.15, 0.2) is 0 Å². The average molecular weight is 328 g/mol. The molecule has 0 aromatic heterocycles. The van der Waals surface area contributed by atoms with Crippen LogP contribution in [0.3, 0.4) is 0 Å². The predicted molar refractivity (Wildman–Crippen MR) is 86.0 cm³/mol. The zero-order valence-corrected chi connectivity index (χ0v) is 13.3. The molecule has 0 unspecified atom stereocenters. The van der Waals surface area contributed by atoms with Gasteiger partial charge in [-0.2, -0.15) is 0 Å². The van der Waals surface area contributed by atoms with Gasteiger partial charge in [0.25, 0.3) is 0 Å². The van der Waals surface area contributed by atoms with Crippen LogP contribution in [0.5, 0.6) is 5.75 Å². The van der Waals surface area contributed by atoms with Crippen molar-refractivity contribution < 1.29 is 9.13 Å². The van der Waals surface area contributed by atoms with Crippen LogP contribution in [0.15, 0.2) is 36.4 Å². The lowest BCUT2D eigenvalue weighted by Crippen LogP contribution is -2.06. The zero-order valence-electron chi connectivity index (χ0n) is 11.8. The normalized spacial score (nSPS) is 10.8. The van der Waals surface area contributed by atoms with Gasteiger partial charge in [-0.15, -0.1) is 0 Å². The van der Waals surface area contributed by atoms with Gasteiger partial charge in [0.2, 0.25) is 0 Å². The van der Waals surface area contributed by atoms with Crippen LogP contribution in [-0.2, 0) is 6.54 Å². The third-order valence-corrected chi connectivity index (χ3v) is 3.34. The summed E-state index contributed by atoms with van der Waals surface area (Å²) in [6.45, 7) is 4.46. The monoisotopic (exact) mass is 327 g/mol. The summed E-state index contributed by atoms with van der Waals surface area (Å²) in [5.41, 5.74) is 1.54. The van der Waals surface area contributed by atoms with Gasteiger partial charge in [0.05, 0.1) is 21.8 Å². The summed E-state index contributed by atoms with van der Waals surface area (Å²) >= 11 is 12.0. The van der Waals surface area contributed by atoms with Crippen LogP contribution >= 0.6 is 23.2 Å². The number of benzene rings is 2. The maximum atomic E-state index is 13.1. The van der Waals surface area contributed by atoms with Gasteiger partial charge in [-0.3, -0.25) is 0 Å². The molecule has 0 saturated heterocycles. The molecule has 2 rings (SSSR count). The molecular weight excluding hydrogens is 312 g/mol. The topological polar surface area (TPSA) is 21.3 Å². The molecule has 21 heavy (non-hydrogen) atoms. The largest absolute Gasteiger partial charge is 0.491 e. The van der Waals surface area contributed by atoms with Crippen LogP contribution in [-0.4, -0.2) is 6.10 Å². The first kappa shape index (κ1) is 15.9. The SMILES string of the molecule is CC(C)Oc1cccc(CNc2c(Cl)cc(F)cc2Cl)c1. The Kier molecular flexibility index (Phi) is 5.32. The van der Waals surface area contributed by atoms with Crippen molar-refractivity contribution >= 4 is 28.9 Å². The fourth-order valence-electron chi connectivity index (χ4n) is 1.90. The van der Waals surface area contributed by atoms with Gasteiger partial charge in [-0.05, 0) is 43.7 Å². The van der Waals surface area contributed by atoms with E-state index in [2.05, 4.69) is 5.32 Å². The molecule has 0 bridgehead atoms. The quantitative estimate of drug-likeness (QED) is 0.779. The van der Waals surface area contributed by atoms with Crippen molar-refractivity contribution in [1.82, 2.24) is 0 Å². The van der Waals surface area contributed by atoms with E-state index in [1.165, 1.54) is 12.1 Å². The van der Waals surface area contributed by atoms with Crippen LogP contribution in [0.1, 0.15) is 19.4 Å².